The molecule has 2 aromatic heterocycles. The van der Waals surface area contributed by atoms with Gasteiger partial charge in [-0.3, -0.25) is 0 Å². The van der Waals surface area contributed by atoms with E-state index in [2.05, 4.69) is 20.4 Å². The van der Waals surface area contributed by atoms with Gasteiger partial charge in [-0.05, 0) is 64.5 Å². The van der Waals surface area contributed by atoms with Crippen LogP contribution in [0.4, 0.5) is 13.6 Å². The van der Waals surface area contributed by atoms with Crippen LogP contribution < -0.4 is 10.1 Å². The van der Waals surface area contributed by atoms with Gasteiger partial charge in [0.05, 0.1) is 18.5 Å². The number of carbonyl (C=O) groups is 1. The van der Waals surface area contributed by atoms with Gasteiger partial charge in [0.2, 0.25) is 0 Å². The van der Waals surface area contributed by atoms with Crippen LogP contribution in [0.15, 0.2) is 36.9 Å². The Labute approximate surface area is 213 Å². The van der Waals surface area contributed by atoms with Crippen molar-refractivity contribution >= 4 is 17.7 Å². The van der Waals surface area contributed by atoms with Crippen molar-refractivity contribution in [2.45, 2.75) is 58.1 Å². The summed E-state index contributed by atoms with van der Waals surface area (Å²) in [6, 6.07) is 3.22. The van der Waals surface area contributed by atoms with E-state index in [0.717, 1.165) is 31.7 Å². The van der Waals surface area contributed by atoms with E-state index in [0.29, 0.717) is 23.6 Å². The lowest BCUT2D eigenvalue weighted by atomic mass is 9.86. The first-order valence-corrected chi connectivity index (χ1v) is 12.1. The molecule has 0 unspecified atom stereocenters. The Bertz CT molecular complexity index is 1200. The lowest BCUT2D eigenvalue weighted by molar-refractivity contribution is 0.0483. The summed E-state index contributed by atoms with van der Waals surface area (Å²) in [5.41, 5.74) is 0.689. The van der Waals surface area contributed by atoms with E-state index in [1.165, 1.54) is 29.3 Å². The maximum atomic E-state index is 13.6. The molecule has 1 N–H and O–H groups in total. The van der Waals surface area contributed by atoms with Crippen LogP contribution in [0, 0.1) is 17.6 Å². The van der Waals surface area contributed by atoms with Crippen LogP contribution in [0.2, 0.25) is 5.15 Å². The third-order valence-electron chi connectivity index (χ3n) is 5.76. The largest absolute Gasteiger partial charge is 0.488 e. The Kier molecular flexibility index (Phi) is 7.73. The van der Waals surface area contributed by atoms with Gasteiger partial charge in [-0.15, -0.1) is 0 Å². The molecule has 0 radical (unpaired) electrons. The summed E-state index contributed by atoms with van der Waals surface area (Å²) in [6.07, 6.45) is 7.38. The molecule has 4 rings (SSSR count). The van der Waals surface area contributed by atoms with Gasteiger partial charge < -0.3 is 14.8 Å². The smallest absolute Gasteiger partial charge is 0.407 e. The van der Waals surface area contributed by atoms with Gasteiger partial charge in [-0.1, -0.05) is 11.6 Å². The van der Waals surface area contributed by atoms with E-state index >= 15 is 0 Å². The Morgan fingerprint density at radius 3 is 2.50 bits per heavy atom. The molecule has 0 bridgehead atoms. The van der Waals surface area contributed by atoms with Gasteiger partial charge >= 0.3 is 6.09 Å². The zero-order chi connectivity index (χ0) is 25.9. The standard InChI is InChI=1S/C25H28ClF2N5O3/c1-25(2,3)36-24(34)32-19-6-4-15(5-7-19)13-35-22-21(29-14-30-23(22)26)16-11-31-33(12-16)20-9-17(27)8-18(28)10-20/h8-12,14-15,19H,4-7,13H2,1-3H3,(H,32,34). The van der Waals surface area contributed by atoms with Crippen molar-refractivity contribution in [3.8, 4) is 22.7 Å². The van der Waals surface area contributed by atoms with Crippen molar-refractivity contribution in [1.82, 2.24) is 25.1 Å². The van der Waals surface area contributed by atoms with E-state index < -0.39 is 23.3 Å². The van der Waals surface area contributed by atoms with Gasteiger partial charge in [0.25, 0.3) is 0 Å². The Morgan fingerprint density at radius 1 is 1.14 bits per heavy atom. The quantitative estimate of drug-likeness (QED) is 0.419. The highest BCUT2D eigenvalue weighted by Gasteiger charge is 2.26. The average molecular weight is 520 g/mol. The average Bonchev–Trinajstić information content (AvgIpc) is 3.27. The molecular weight excluding hydrogens is 492 g/mol. The van der Waals surface area contributed by atoms with Gasteiger partial charge in [-0.2, -0.15) is 5.10 Å². The molecular formula is C25H28ClF2N5O3. The number of hydrogen-bond donors (Lipinski definition) is 1. The first-order chi connectivity index (χ1) is 17.1. The third kappa shape index (κ3) is 6.69. The molecule has 36 heavy (non-hydrogen) atoms. The minimum absolute atomic E-state index is 0.0637. The highest BCUT2D eigenvalue weighted by Crippen LogP contribution is 2.34. The normalized spacial score (nSPS) is 18.1. The molecule has 8 nitrogen and oxygen atoms in total. The number of nitrogens with one attached hydrogen (secondary N) is 1. The van der Waals surface area contributed by atoms with Crippen LogP contribution in [0.3, 0.4) is 0 Å². The summed E-state index contributed by atoms with van der Waals surface area (Å²) in [4.78, 5) is 20.4. The van der Waals surface area contributed by atoms with Gasteiger partial charge in [-0.25, -0.2) is 28.2 Å². The molecule has 0 spiro atoms. The molecule has 1 aliphatic rings. The van der Waals surface area contributed by atoms with Gasteiger partial charge in [0.15, 0.2) is 10.9 Å². The number of amides is 1. The maximum absolute atomic E-state index is 13.6. The van der Waals surface area contributed by atoms with Crippen LogP contribution in [0.25, 0.3) is 16.9 Å². The number of hydrogen-bond acceptors (Lipinski definition) is 6. The highest BCUT2D eigenvalue weighted by atomic mass is 35.5. The second-order valence-corrected chi connectivity index (χ2v) is 10.2. The molecule has 0 atom stereocenters. The number of benzene rings is 1. The van der Waals surface area contributed by atoms with Crippen molar-refractivity contribution in [2.24, 2.45) is 5.92 Å². The molecule has 0 aliphatic heterocycles. The van der Waals surface area contributed by atoms with Crippen molar-refractivity contribution < 1.29 is 23.0 Å². The van der Waals surface area contributed by atoms with Crippen LogP contribution in [-0.2, 0) is 4.74 Å². The number of rotatable bonds is 6. The summed E-state index contributed by atoms with van der Waals surface area (Å²) in [7, 11) is 0. The minimum atomic E-state index is -0.702. The summed E-state index contributed by atoms with van der Waals surface area (Å²) >= 11 is 6.33. The fourth-order valence-electron chi connectivity index (χ4n) is 4.09. The van der Waals surface area contributed by atoms with Crippen LogP contribution in [-0.4, -0.2) is 44.1 Å². The van der Waals surface area contributed by atoms with E-state index in [1.807, 2.05) is 20.8 Å². The van der Waals surface area contributed by atoms with E-state index in [-0.39, 0.29) is 22.8 Å². The minimum Gasteiger partial charge on any atom is -0.488 e. The third-order valence-corrected chi connectivity index (χ3v) is 6.03. The number of nitrogens with zero attached hydrogens (tertiary/aromatic N) is 4. The van der Waals surface area contributed by atoms with Gasteiger partial charge in [0.1, 0.15) is 29.3 Å². The predicted octanol–water partition coefficient (Wildman–Crippen LogP) is 5.72. The molecule has 192 valence electrons. The molecule has 1 fully saturated rings. The highest BCUT2D eigenvalue weighted by molar-refractivity contribution is 6.31. The lowest BCUT2D eigenvalue weighted by Gasteiger charge is -2.30. The number of ether oxygens (including phenoxy) is 2. The number of aromatic nitrogens is 4. The SMILES string of the molecule is CC(C)(C)OC(=O)NC1CCC(COc2c(Cl)ncnc2-c2cnn(-c3cc(F)cc(F)c3)c2)CC1. The van der Waals surface area contributed by atoms with E-state index in [1.54, 1.807) is 6.20 Å². The molecule has 0 saturated heterocycles. The molecule has 1 saturated carbocycles. The van der Waals surface area contributed by atoms with E-state index in [9.17, 15) is 13.6 Å². The Balaban J connectivity index is 1.39. The number of alkyl carbamates (subject to hydrolysis) is 1. The molecule has 1 amide bonds. The Hall–Kier alpha value is -3.27. The van der Waals surface area contributed by atoms with Crippen LogP contribution in [0.5, 0.6) is 5.75 Å². The summed E-state index contributed by atoms with van der Waals surface area (Å²) in [5.74, 6) is -0.818. The summed E-state index contributed by atoms with van der Waals surface area (Å²) in [6.45, 7) is 5.90. The molecule has 11 heteroatoms. The maximum Gasteiger partial charge on any atom is 0.407 e. The van der Waals surface area contributed by atoms with Crippen molar-refractivity contribution in [2.75, 3.05) is 6.61 Å². The molecule has 1 aromatic carbocycles. The summed E-state index contributed by atoms with van der Waals surface area (Å²) < 4.78 is 40.0. The zero-order valence-corrected chi connectivity index (χ0v) is 21.1. The lowest BCUT2D eigenvalue weighted by Crippen LogP contribution is -2.41. The second kappa shape index (κ2) is 10.8. The van der Waals surface area contributed by atoms with Crippen molar-refractivity contribution in [3.63, 3.8) is 0 Å². The van der Waals surface area contributed by atoms with Crippen molar-refractivity contribution in [1.29, 1.82) is 0 Å². The summed E-state index contributed by atoms with van der Waals surface area (Å²) in [5, 5.41) is 7.29. The van der Waals surface area contributed by atoms with Crippen LogP contribution >= 0.6 is 11.6 Å². The fourth-order valence-corrected chi connectivity index (χ4v) is 4.28. The Morgan fingerprint density at radius 2 is 1.83 bits per heavy atom. The fraction of sp³-hybridized carbons (Fsp3) is 0.440. The number of halogens is 3. The first kappa shape index (κ1) is 25.8. The van der Waals surface area contributed by atoms with E-state index in [4.69, 9.17) is 21.1 Å². The van der Waals surface area contributed by atoms with Crippen molar-refractivity contribution in [3.05, 3.63) is 53.7 Å². The molecule has 1 aliphatic carbocycles. The van der Waals surface area contributed by atoms with Gasteiger partial charge in [0, 0.05) is 23.9 Å². The monoisotopic (exact) mass is 519 g/mol. The zero-order valence-electron chi connectivity index (χ0n) is 20.3. The number of carbonyl (C=O) groups excluding carboxylic acids is 1. The van der Waals surface area contributed by atoms with Crippen LogP contribution in [0.1, 0.15) is 46.5 Å². The predicted molar refractivity (Wildman–Crippen MR) is 130 cm³/mol. The first-order valence-electron chi connectivity index (χ1n) is 11.7. The second-order valence-electron chi connectivity index (χ2n) is 9.82. The topological polar surface area (TPSA) is 91.2 Å². The molecule has 3 aromatic rings. The molecule has 2 heterocycles.